The zero-order valence-corrected chi connectivity index (χ0v) is 13.0. The molecule has 0 spiro atoms. The third-order valence-electron chi connectivity index (χ3n) is 4.75. The molecule has 4 heteroatoms. The lowest BCUT2D eigenvalue weighted by Crippen LogP contribution is -2.45. The summed E-state index contributed by atoms with van der Waals surface area (Å²) in [6.07, 6.45) is 6.75. The summed E-state index contributed by atoms with van der Waals surface area (Å²) in [6, 6.07) is 8.43. The molecule has 1 aromatic rings. The molecule has 2 atom stereocenters. The quantitative estimate of drug-likeness (QED) is 0.745. The maximum atomic E-state index is 12.0. The van der Waals surface area contributed by atoms with Crippen LogP contribution in [-0.2, 0) is 12.8 Å². The topological polar surface area (TPSA) is 61.4 Å². The van der Waals surface area contributed by atoms with Crippen molar-refractivity contribution in [1.82, 2.24) is 10.6 Å². The molecule has 1 aromatic carbocycles. The van der Waals surface area contributed by atoms with E-state index in [0.717, 1.165) is 19.3 Å². The average Bonchev–Trinajstić information content (AvgIpc) is 3.08. The van der Waals surface area contributed by atoms with Gasteiger partial charge in [0.15, 0.2) is 0 Å². The molecule has 2 aliphatic carbocycles. The SMILES string of the molecule is CC1(CNC(=O)N[C@@H]2C=C[C@H](CO)C2)Cc2ccccc2C1. The van der Waals surface area contributed by atoms with E-state index in [4.69, 9.17) is 5.11 Å². The third-order valence-corrected chi connectivity index (χ3v) is 4.75. The standard InChI is InChI=1S/C18H24N2O2/c1-18(9-14-4-2-3-5-15(14)10-18)12-19-17(22)20-16-7-6-13(8-16)11-21/h2-7,13,16,21H,8-12H2,1H3,(H2,19,20,22)/t13-,16+/m0/s1. The van der Waals surface area contributed by atoms with Gasteiger partial charge in [-0.05, 0) is 35.8 Å². The predicted molar refractivity (Wildman–Crippen MR) is 86.6 cm³/mol. The van der Waals surface area contributed by atoms with E-state index in [1.807, 2.05) is 12.2 Å². The summed E-state index contributed by atoms with van der Waals surface area (Å²) in [7, 11) is 0. The highest BCUT2D eigenvalue weighted by Gasteiger charge is 2.33. The van der Waals surface area contributed by atoms with E-state index < -0.39 is 0 Å². The molecule has 4 nitrogen and oxygen atoms in total. The van der Waals surface area contributed by atoms with Gasteiger partial charge in [0.2, 0.25) is 0 Å². The first-order valence-electron chi connectivity index (χ1n) is 7.98. The maximum absolute atomic E-state index is 12.0. The van der Waals surface area contributed by atoms with Gasteiger partial charge in [0.25, 0.3) is 0 Å². The Hall–Kier alpha value is -1.81. The van der Waals surface area contributed by atoms with Crippen molar-refractivity contribution >= 4 is 6.03 Å². The zero-order valence-electron chi connectivity index (χ0n) is 13.0. The van der Waals surface area contributed by atoms with Crippen LogP contribution in [0.3, 0.4) is 0 Å². The van der Waals surface area contributed by atoms with E-state index in [9.17, 15) is 4.79 Å². The summed E-state index contributed by atoms with van der Waals surface area (Å²) < 4.78 is 0. The van der Waals surface area contributed by atoms with Crippen molar-refractivity contribution in [3.63, 3.8) is 0 Å². The molecule has 0 saturated heterocycles. The van der Waals surface area contributed by atoms with Gasteiger partial charge < -0.3 is 15.7 Å². The van der Waals surface area contributed by atoms with Crippen LogP contribution in [0.1, 0.15) is 24.5 Å². The predicted octanol–water partition coefficient (Wildman–Crippen LogP) is 2.03. The number of rotatable bonds is 4. The highest BCUT2D eigenvalue weighted by atomic mass is 16.3. The van der Waals surface area contributed by atoms with E-state index in [1.165, 1.54) is 11.1 Å². The zero-order chi connectivity index (χ0) is 15.6. The number of nitrogens with one attached hydrogen (secondary N) is 2. The lowest BCUT2D eigenvalue weighted by atomic mass is 9.87. The number of benzene rings is 1. The van der Waals surface area contributed by atoms with Gasteiger partial charge in [-0.3, -0.25) is 0 Å². The molecule has 0 aliphatic heterocycles. The minimum atomic E-state index is -0.120. The fourth-order valence-electron chi connectivity index (χ4n) is 3.54. The molecule has 2 amide bonds. The van der Waals surface area contributed by atoms with Crippen LogP contribution in [0.5, 0.6) is 0 Å². The fourth-order valence-corrected chi connectivity index (χ4v) is 3.54. The second-order valence-electron chi connectivity index (χ2n) is 6.93. The van der Waals surface area contributed by atoms with Gasteiger partial charge in [0, 0.05) is 25.1 Å². The highest BCUT2D eigenvalue weighted by Crippen LogP contribution is 2.35. The smallest absolute Gasteiger partial charge is 0.315 e. The number of urea groups is 1. The van der Waals surface area contributed by atoms with Crippen LogP contribution < -0.4 is 10.6 Å². The fraction of sp³-hybridized carbons (Fsp3) is 0.500. The van der Waals surface area contributed by atoms with Crippen LogP contribution in [0.15, 0.2) is 36.4 Å². The van der Waals surface area contributed by atoms with Gasteiger partial charge in [0.1, 0.15) is 0 Å². The van der Waals surface area contributed by atoms with Crippen LogP contribution in [-0.4, -0.2) is 30.3 Å². The number of amides is 2. The van der Waals surface area contributed by atoms with Gasteiger partial charge in [-0.2, -0.15) is 0 Å². The number of hydrogen-bond acceptors (Lipinski definition) is 2. The van der Waals surface area contributed by atoms with Crippen molar-refractivity contribution in [3.8, 4) is 0 Å². The average molecular weight is 300 g/mol. The van der Waals surface area contributed by atoms with Crippen molar-refractivity contribution < 1.29 is 9.90 Å². The normalized spacial score (nSPS) is 25.0. The molecule has 2 aliphatic rings. The van der Waals surface area contributed by atoms with E-state index in [0.29, 0.717) is 6.54 Å². The molecule has 0 fully saturated rings. The van der Waals surface area contributed by atoms with Gasteiger partial charge in [0.05, 0.1) is 0 Å². The summed E-state index contributed by atoms with van der Waals surface area (Å²) in [5, 5.41) is 15.1. The number of carbonyl (C=O) groups excluding carboxylic acids is 1. The number of aliphatic hydroxyl groups is 1. The molecule has 3 N–H and O–H groups in total. The van der Waals surface area contributed by atoms with Gasteiger partial charge in [-0.15, -0.1) is 0 Å². The summed E-state index contributed by atoms with van der Waals surface area (Å²) in [5.41, 5.74) is 2.90. The van der Waals surface area contributed by atoms with Crippen molar-refractivity contribution in [2.45, 2.75) is 32.2 Å². The Morgan fingerprint density at radius 3 is 2.55 bits per heavy atom. The lowest BCUT2D eigenvalue weighted by molar-refractivity contribution is 0.225. The van der Waals surface area contributed by atoms with Gasteiger partial charge in [-0.25, -0.2) is 4.79 Å². The van der Waals surface area contributed by atoms with Gasteiger partial charge >= 0.3 is 6.03 Å². The van der Waals surface area contributed by atoms with Crippen LogP contribution in [0.4, 0.5) is 4.79 Å². The van der Waals surface area contributed by atoms with E-state index in [1.54, 1.807) is 0 Å². The second kappa shape index (κ2) is 6.13. The molecular weight excluding hydrogens is 276 g/mol. The Labute approximate surface area is 131 Å². The van der Waals surface area contributed by atoms with E-state index in [-0.39, 0.29) is 30.0 Å². The molecular formula is C18H24N2O2. The van der Waals surface area contributed by atoms with Crippen LogP contribution in [0.2, 0.25) is 0 Å². The largest absolute Gasteiger partial charge is 0.396 e. The van der Waals surface area contributed by atoms with Crippen LogP contribution in [0.25, 0.3) is 0 Å². The third kappa shape index (κ3) is 3.33. The Bertz CT molecular complexity index is 557. The first-order valence-corrected chi connectivity index (χ1v) is 7.98. The summed E-state index contributed by atoms with van der Waals surface area (Å²) in [6.45, 7) is 3.05. The first kappa shape index (κ1) is 15.1. The van der Waals surface area contributed by atoms with Crippen molar-refractivity contribution in [1.29, 1.82) is 0 Å². The molecule has 0 aromatic heterocycles. The molecule has 3 rings (SSSR count). The molecule has 0 radical (unpaired) electrons. The molecule has 22 heavy (non-hydrogen) atoms. The molecule has 118 valence electrons. The summed E-state index contributed by atoms with van der Waals surface area (Å²) in [4.78, 5) is 12.0. The Morgan fingerprint density at radius 1 is 1.27 bits per heavy atom. The number of aliphatic hydroxyl groups excluding tert-OH is 1. The van der Waals surface area contributed by atoms with E-state index >= 15 is 0 Å². The van der Waals surface area contributed by atoms with Crippen molar-refractivity contribution in [2.75, 3.05) is 13.2 Å². The van der Waals surface area contributed by atoms with Crippen LogP contribution in [0, 0.1) is 11.3 Å². The van der Waals surface area contributed by atoms with E-state index in [2.05, 4.69) is 41.8 Å². The molecule has 0 unspecified atom stereocenters. The molecule has 0 saturated carbocycles. The molecule has 0 bridgehead atoms. The minimum absolute atomic E-state index is 0.0331. The summed E-state index contributed by atoms with van der Waals surface area (Å²) >= 11 is 0. The molecule has 0 heterocycles. The summed E-state index contributed by atoms with van der Waals surface area (Å²) in [5.74, 6) is 0.173. The maximum Gasteiger partial charge on any atom is 0.315 e. The minimum Gasteiger partial charge on any atom is -0.396 e. The first-order chi connectivity index (χ1) is 10.6. The van der Waals surface area contributed by atoms with Crippen molar-refractivity contribution in [3.05, 3.63) is 47.5 Å². The number of hydrogen-bond donors (Lipinski definition) is 3. The Balaban J connectivity index is 1.47. The second-order valence-corrected chi connectivity index (χ2v) is 6.93. The Morgan fingerprint density at radius 2 is 1.95 bits per heavy atom. The monoisotopic (exact) mass is 300 g/mol. The van der Waals surface area contributed by atoms with Gasteiger partial charge in [-0.1, -0.05) is 43.3 Å². The Kier molecular flexibility index (Phi) is 4.21. The number of carbonyl (C=O) groups is 1. The highest BCUT2D eigenvalue weighted by molar-refractivity contribution is 5.74. The van der Waals surface area contributed by atoms with Crippen molar-refractivity contribution in [2.24, 2.45) is 11.3 Å². The lowest BCUT2D eigenvalue weighted by Gasteiger charge is -2.24. The van der Waals surface area contributed by atoms with Crippen LogP contribution >= 0.6 is 0 Å². The number of fused-ring (bicyclic) bond motifs is 1.